The highest BCUT2D eigenvalue weighted by Gasteiger charge is 2.22. The summed E-state index contributed by atoms with van der Waals surface area (Å²) in [6.45, 7) is 7.41. The lowest BCUT2D eigenvalue weighted by molar-refractivity contribution is 0.102. The first-order chi connectivity index (χ1) is 20.8. The Kier molecular flexibility index (Phi) is 9.53. The molecule has 1 unspecified atom stereocenters. The van der Waals surface area contributed by atoms with Crippen LogP contribution in [0.5, 0.6) is 0 Å². The number of hydrogen-bond acceptors (Lipinski definition) is 9. The maximum atomic E-state index is 13.0. The van der Waals surface area contributed by atoms with Crippen molar-refractivity contribution in [2.75, 3.05) is 61.1 Å². The molecule has 5 N–H and O–H groups in total. The Morgan fingerprint density at radius 3 is 2.63 bits per heavy atom. The summed E-state index contributed by atoms with van der Waals surface area (Å²) < 4.78 is 2.05. The number of benzene rings is 2. The van der Waals surface area contributed by atoms with Crippen LogP contribution < -0.4 is 26.6 Å². The second-order valence-electron chi connectivity index (χ2n) is 11.5. The Morgan fingerprint density at radius 2 is 1.88 bits per heavy atom. The molecule has 0 aliphatic carbocycles. The molecule has 0 saturated carbocycles. The van der Waals surface area contributed by atoms with Crippen molar-refractivity contribution in [2.45, 2.75) is 38.8 Å². The minimum atomic E-state index is -0.182. The molecule has 1 saturated heterocycles. The number of rotatable bonds is 11. The van der Waals surface area contributed by atoms with Crippen LogP contribution in [0.3, 0.4) is 0 Å². The topological polar surface area (TPSA) is 129 Å². The predicted molar refractivity (Wildman–Crippen MR) is 175 cm³/mol. The van der Waals surface area contributed by atoms with Gasteiger partial charge < -0.3 is 36.1 Å². The Labute approximate surface area is 253 Å². The van der Waals surface area contributed by atoms with E-state index in [-0.39, 0.29) is 18.0 Å². The summed E-state index contributed by atoms with van der Waals surface area (Å²) in [5.41, 5.74) is 10.7. The molecule has 5 rings (SSSR count). The molecule has 1 fully saturated rings. The van der Waals surface area contributed by atoms with Crippen LogP contribution in [0, 0.1) is 0 Å². The number of anilines is 5. The minimum Gasteiger partial charge on any atom is -0.382 e. The van der Waals surface area contributed by atoms with Crippen molar-refractivity contribution in [2.24, 2.45) is 5.73 Å². The molecule has 11 nitrogen and oxygen atoms in total. The van der Waals surface area contributed by atoms with Gasteiger partial charge in [-0.15, -0.1) is 0 Å². The largest absolute Gasteiger partial charge is 0.382 e. The van der Waals surface area contributed by atoms with E-state index in [2.05, 4.69) is 61.3 Å². The number of nitrogens with one attached hydrogen (secondary N) is 3. The molecular formula is C32H42N10O. The first-order valence-corrected chi connectivity index (χ1v) is 14.8. The molecule has 4 aromatic rings. The minimum absolute atomic E-state index is 0.0995. The van der Waals surface area contributed by atoms with E-state index >= 15 is 0 Å². The van der Waals surface area contributed by atoms with Gasteiger partial charge in [0, 0.05) is 60.9 Å². The van der Waals surface area contributed by atoms with E-state index in [0.29, 0.717) is 35.1 Å². The smallest absolute Gasteiger partial charge is 0.255 e. The number of carbonyl (C=O) groups excluding carboxylic acids is 1. The van der Waals surface area contributed by atoms with Gasteiger partial charge in [0.2, 0.25) is 5.95 Å². The van der Waals surface area contributed by atoms with Gasteiger partial charge in [-0.25, -0.2) is 4.98 Å². The molecule has 1 aliphatic rings. The SMILES string of the molecule is CC(C)n1cnc2c(Nc3cccc(NC(=O)c4ccc(NC/C=C/CN(C)C)cc4)c3)nc(N3CCCC(N)C3)nc21. The number of amides is 1. The molecule has 0 spiro atoms. The van der Waals surface area contributed by atoms with E-state index < -0.39 is 0 Å². The second kappa shape index (κ2) is 13.7. The lowest BCUT2D eigenvalue weighted by Gasteiger charge is -2.31. The van der Waals surface area contributed by atoms with Crippen LogP contribution in [0.4, 0.5) is 28.8 Å². The lowest BCUT2D eigenvalue weighted by Crippen LogP contribution is -2.43. The van der Waals surface area contributed by atoms with Crippen molar-refractivity contribution in [3.63, 3.8) is 0 Å². The third-order valence-electron chi connectivity index (χ3n) is 7.30. The van der Waals surface area contributed by atoms with Gasteiger partial charge in [0.1, 0.15) is 0 Å². The fourth-order valence-electron chi connectivity index (χ4n) is 5.00. The van der Waals surface area contributed by atoms with Crippen molar-refractivity contribution >= 4 is 45.9 Å². The summed E-state index contributed by atoms with van der Waals surface area (Å²) in [4.78, 5) is 31.7. The lowest BCUT2D eigenvalue weighted by atomic mass is 10.1. The van der Waals surface area contributed by atoms with Gasteiger partial charge in [-0.3, -0.25) is 4.79 Å². The fraction of sp³-hybridized carbons (Fsp3) is 0.375. The Hall–Kier alpha value is -4.48. The van der Waals surface area contributed by atoms with Crippen LogP contribution in [0.15, 0.2) is 67.0 Å². The zero-order chi connectivity index (χ0) is 30.3. The summed E-state index contributed by atoms with van der Waals surface area (Å²) in [6.07, 6.45) is 8.02. The third-order valence-corrected chi connectivity index (χ3v) is 7.30. The Morgan fingerprint density at radius 1 is 1.09 bits per heavy atom. The molecule has 2 aromatic heterocycles. The molecule has 1 amide bonds. The molecule has 2 aromatic carbocycles. The zero-order valence-corrected chi connectivity index (χ0v) is 25.4. The number of nitrogens with two attached hydrogens (primary N) is 1. The van der Waals surface area contributed by atoms with Crippen LogP contribution in [-0.4, -0.2) is 76.6 Å². The Balaban J connectivity index is 1.29. The van der Waals surface area contributed by atoms with Gasteiger partial charge >= 0.3 is 0 Å². The number of hydrogen-bond donors (Lipinski definition) is 4. The van der Waals surface area contributed by atoms with Gasteiger partial charge in [-0.2, -0.15) is 9.97 Å². The van der Waals surface area contributed by atoms with Gasteiger partial charge in [0.15, 0.2) is 17.0 Å². The summed E-state index contributed by atoms with van der Waals surface area (Å²) >= 11 is 0. The fourth-order valence-corrected chi connectivity index (χ4v) is 5.00. The highest BCUT2D eigenvalue weighted by Crippen LogP contribution is 2.29. The summed E-state index contributed by atoms with van der Waals surface area (Å²) in [5, 5.41) is 9.78. The third kappa shape index (κ3) is 7.68. The van der Waals surface area contributed by atoms with Crippen LogP contribution in [0.1, 0.15) is 43.1 Å². The van der Waals surface area contributed by atoms with Crippen molar-refractivity contribution in [1.29, 1.82) is 0 Å². The number of carbonyl (C=O) groups is 1. The summed E-state index contributed by atoms with van der Waals surface area (Å²) in [5.74, 6) is 1.07. The van der Waals surface area contributed by atoms with Gasteiger partial charge in [-0.05, 0) is 83.2 Å². The average molecular weight is 583 g/mol. The summed E-state index contributed by atoms with van der Waals surface area (Å²) in [6, 6.07) is 15.3. The molecule has 226 valence electrons. The van der Waals surface area contributed by atoms with Gasteiger partial charge in [-0.1, -0.05) is 18.2 Å². The van der Waals surface area contributed by atoms with E-state index in [9.17, 15) is 4.79 Å². The normalized spacial score (nSPS) is 15.5. The van der Waals surface area contributed by atoms with E-state index in [0.717, 1.165) is 49.5 Å². The monoisotopic (exact) mass is 582 g/mol. The quantitative estimate of drug-likeness (QED) is 0.183. The number of fused-ring (bicyclic) bond motifs is 1. The van der Waals surface area contributed by atoms with Crippen molar-refractivity contribution < 1.29 is 4.79 Å². The number of piperidine rings is 1. The van der Waals surface area contributed by atoms with Crippen LogP contribution in [0.2, 0.25) is 0 Å². The van der Waals surface area contributed by atoms with Gasteiger partial charge in [0.05, 0.1) is 6.33 Å². The first kappa shape index (κ1) is 30.0. The highest BCUT2D eigenvalue weighted by atomic mass is 16.1. The number of imidazole rings is 1. The molecular weight excluding hydrogens is 540 g/mol. The van der Waals surface area contributed by atoms with E-state index in [1.54, 1.807) is 6.33 Å². The van der Waals surface area contributed by atoms with Crippen LogP contribution >= 0.6 is 0 Å². The number of likely N-dealkylation sites (N-methyl/N-ethyl adjacent to an activating group) is 1. The molecule has 11 heteroatoms. The maximum Gasteiger partial charge on any atom is 0.255 e. The van der Waals surface area contributed by atoms with E-state index in [1.165, 1.54) is 0 Å². The summed E-state index contributed by atoms with van der Waals surface area (Å²) in [7, 11) is 4.07. The highest BCUT2D eigenvalue weighted by molar-refractivity contribution is 6.04. The van der Waals surface area contributed by atoms with Crippen LogP contribution in [-0.2, 0) is 0 Å². The first-order valence-electron chi connectivity index (χ1n) is 14.8. The van der Waals surface area contributed by atoms with Gasteiger partial charge in [0.25, 0.3) is 5.91 Å². The maximum absolute atomic E-state index is 13.0. The predicted octanol–water partition coefficient (Wildman–Crippen LogP) is 4.86. The standard InChI is InChI=1S/C32H42N10O/c1-22(2)42-21-35-28-29(38-32(39-30(28)42)41-18-8-9-24(33)20-41)36-26-10-7-11-27(19-26)37-31(43)23-12-14-25(15-13-23)34-16-5-6-17-40(3)4/h5-7,10-15,19,21-22,24,34H,8-9,16-18,20,33H2,1-4H3,(H,37,43)(H,36,38,39)/b6-5+. The number of nitrogens with zero attached hydrogens (tertiary/aromatic N) is 6. The molecule has 0 radical (unpaired) electrons. The van der Waals surface area contributed by atoms with E-state index in [4.69, 9.17) is 15.7 Å². The molecule has 3 heterocycles. The zero-order valence-electron chi connectivity index (χ0n) is 25.4. The molecule has 1 atom stereocenters. The average Bonchev–Trinajstić information content (AvgIpc) is 3.42. The van der Waals surface area contributed by atoms with Crippen molar-refractivity contribution in [3.05, 3.63) is 72.6 Å². The van der Waals surface area contributed by atoms with Crippen LogP contribution in [0.25, 0.3) is 11.2 Å². The molecule has 0 bridgehead atoms. The second-order valence-corrected chi connectivity index (χ2v) is 11.5. The molecule has 1 aliphatic heterocycles. The number of aromatic nitrogens is 4. The van der Waals surface area contributed by atoms with E-state index in [1.807, 2.05) is 62.6 Å². The van der Waals surface area contributed by atoms with Crippen molar-refractivity contribution in [1.82, 2.24) is 24.4 Å². The van der Waals surface area contributed by atoms with Crippen molar-refractivity contribution in [3.8, 4) is 0 Å². The Bertz CT molecular complexity index is 1560. The molecule has 43 heavy (non-hydrogen) atoms.